The van der Waals surface area contributed by atoms with E-state index in [0.29, 0.717) is 25.3 Å². The lowest BCUT2D eigenvalue weighted by Gasteiger charge is -2.18. The zero-order valence-electron chi connectivity index (χ0n) is 10.5. The number of methoxy groups -OCH3 is 1. The molecule has 0 bridgehead atoms. The molecule has 0 aromatic heterocycles. The third-order valence-electron chi connectivity index (χ3n) is 2.13. The normalized spacial score (nSPS) is 12.3. The number of esters is 1. The van der Waals surface area contributed by atoms with E-state index < -0.39 is 6.04 Å². The number of carbonyl (C=O) groups is 2. The fourth-order valence-corrected chi connectivity index (χ4v) is 1.33. The molecular weight excluding hydrogens is 208 g/mol. The van der Waals surface area contributed by atoms with Gasteiger partial charge in [-0.15, -0.1) is 0 Å². The average molecular weight is 230 g/mol. The summed E-state index contributed by atoms with van der Waals surface area (Å²) >= 11 is 0. The lowest BCUT2D eigenvalue weighted by atomic mass is 10.0. The summed E-state index contributed by atoms with van der Waals surface area (Å²) in [6.45, 7) is 4.59. The van der Waals surface area contributed by atoms with Gasteiger partial charge in [-0.3, -0.25) is 4.79 Å². The van der Waals surface area contributed by atoms with Gasteiger partial charge in [0, 0.05) is 13.0 Å². The van der Waals surface area contributed by atoms with Crippen LogP contribution in [-0.2, 0) is 14.3 Å². The maximum atomic E-state index is 11.5. The Morgan fingerprint density at radius 1 is 1.31 bits per heavy atom. The Bertz CT molecular complexity index is 229. The second-order valence-corrected chi connectivity index (χ2v) is 4.13. The van der Waals surface area contributed by atoms with Gasteiger partial charge in [-0.05, 0) is 19.4 Å². The van der Waals surface area contributed by atoms with Crippen molar-refractivity contribution in [1.29, 1.82) is 0 Å². The van der Waals surface area contributed by atoms with Crippen molar-refractivity contribution in [2.75, 3.05) is 20.7 Å². The van der Waals surface area contributed by atoms with E-state index >= 15 is 0 Å². The predicted molar refractivity (Wildman–Crippen MR) is 61.9 cm³/mol. The van der Waals surface area contributed by atoms with Gasteiger partial charge >= 0.3 is 5.97 Å². The molecule has 0 rings (SSSR count). The second kappa shape index (κ2) is 8.10. The van der Waals surface area contributed by atoms with E-state index in [-0.39, 0.29) is 11.9 Å². The van der Waals surface area contributed by atoms with Crippen molar-refractivity contribution in [2.45, 2.75) is 32.7 Å². The molecule has 0 spiro atoms. The van der Waals surface area contributed by atoms with E-state index in [4.69, 9.17) is 0 Å². The number of amides is 1. The molecule has 0 aromatic carbocycles. The van der Waals surface area contributed by atoms with Gasteiger partial charge in [0.05, 0.1) is 7.11 Å². The Labute approximate surface area is 96.9 Å². The highest BCUT2D eigenvalue weighted by molar-refractivity contribution is 5.84. The summed E-state index contributed by atoms with van der Waals surface area (Å²) in [4.78, 5) is 22.9. The molecule has 5 nitrogen and oxygen atoms in total. The third-order valence-corrected chi connectivity index (χ3v) is 2.13. The van der Waals surface area contributed by atoms with Crippen molar-refractivity contribution >= 4 is 11.9 Å². The van der Waals surface area contributed by atoms with Crippen LogP contribution in [0.3, 0.4) is 0 Å². The largest absolute Gasteiger partial charge is 0.467 e. The average Bonchev–Trinajstić information content (AvgIpc) is 2.23. The van der Waals surface area contributed by atoms with Crippen LogP contribution in [0, 0.1) is 5.92 Å². The smallest absolute Gasteiger partial charge is 0.328 e. The molecule has 0 aromatic rings. The SMILES string of the molecule is CNCCC(=O)N[C@@H](CC(C)C)C(=O)OC. The lowest BCUT2D eigenvalue weighted by Crippen LogP contribution is -2.43. The summed E-state index contributed by atoms with van der Waals surface area (Å²) in [5.41, 5.74) is 0. The van der Waals surface area contributed by atoms with Gasteiger partial charge < -0.3 is 15.4 Å². The monoisotopic (exact) mass is 230 g/mol. The number of ether oxygens (including phenoxy) is 1. The zero-order valence-corrected chi connectivity index (χ0v) is 10.5. The lowest BCUT2D eigenvalue weighted by molar-refractivity contribution is -0.145. The number of carbonyl (C=O) groups excluding carboxylic acids is 2. The van der Waals surface area contributed by atoms with E-state index in [0.717, 1.165) is 0 Å². The molecule has 0 saturated carbocycles. The summed E-state index contributed by atoms with van der Waals surface area (Å²) in [7, 11) is 3.11. The van der Waals surface area contributed by atoms with E-state index in [9.17, 15) is 9.59 Å². The van der Waals surface area contributed by atoms with Gasteiger partial charge in [-0.2, -0.15) is 0 Å². The minimum Gasteiger partial charge on any atom is -0.467 e. The van der Waals surface area contributed by atoms with Gasteiger partial charge in [0.1, 0.15) is 6.04 Å². The molecular formula is C11H22N2O3. The highest BCUT2D eigenvalue weighted by Gasteiger charge is 2.21. The van der Waals surface area contributed by atoms with Crippen molar-refractivity contribution in [3.05, 3.63) is 0 Å². The molecule has 0 heterocycles. The van der Waals surface area contributed by atoms with Crippen molar-refractivity contribution in [3.8, 4) is 0 Å². The fraction of sp³-hybridized carbons (Fsp3) is 0.818. The Morgan fingerprint density at radius 2 is 1.94 bits per heavy atom. The van der Waals surface area contributed by atoms with Crippen molar-refractivity contribution in [1.82, 2.24) is 10.6 Å². The molecule has 1 atom stereocenters. The molecule has 0 aliphatic heterocycles. The Hall–Kier alpha value is -1.10. The van der Waals surface area contributed by atoms with Crippen LogP contribution in [-0.4, -0.2) is 38.6 Å². The molecule has 5 heteroatoms. The third kappa shape index (κ3) is 6.40. The van der Waals surface area contributed by atoms with Crippen molar-refractivity contribution in [3.63, 3.8) is 0 Å². The van der Waals surface area contributed by atoms with Crippen LogP contribution in [0.5, 0.6) is 0 Å². The molecule has 0 saturated heterocycles. The molecule has 2 N–H and O–H groups in total. The first-order valence-electron chi connectivity index (χ1n) is 5.53. The van der Waals surface area contributed by atoms with Crippen molar-refractivity contribution < 1.29 is 14.3 Å². The predicted octanol–water partition coefficient (Wildman–Crippen LogP) is 0.300. The van der Waals surface area contributed by atoms with E-state index in [1.807, 2.05) is 13.8 Å². The van der Waals surface area contributed by atoms with Gasteiger partial charge in [-0.25, -0.2) is 4.79 Å². The molecule has 0 radical (unpaired) electrons. The van der Waals surface area contributed by atoms with Crippen LogP contribution in [0.15, 0.2) is 0 Å². The number of rotatable bonds is 7. The van der Waals surface area contributed by atoms with E-state index in [1.165, 1.54) is 7.11 Å². The summed E-state index contributed by atoms with van der Waals surface area (Å²) < 4.78 is 4.65. The summed E-state index contributed by atoms with van der Waals surface area (Å²) in [6, 6.07) is -0.533. The van der Waals surface area contributed by atoms with Crippen molar-refractivity contribution in [2.24, 2.45) is 5.92 Å². The summed E-state index contributed by atoms with van der Waals surface area (Å²) in [5, 5.41) is 5.56. The fourth-order valence-electron chi connectivity index (χ4n) is 1.33. The molecule has 0 unspecified atom stereocenters. The topological polar surface area (TPSA) is 67.4 Å². The molecule has 0 fully saturated rings. The number of nitrogens with one attached hydrogen (secondary N) is 2. The Kier molecular flexibility index (Phi) is 7.54. The maximum Gasteiger partial charge on any atom is 0.328 e. The van der Waals surface area contributed by atoms with Gasteiger partial charge in [0.15, 0.2) is 0 Å². The van der Waals surface area contributed by atoms with E-state index in [1.54, 1.807) is 7.05 Å². The van der Waals surface area contributed by atoms with Gasteiger partial charge in [0.2, 0.25) is 5.91 Å². The highest BCUT2D eigenvalue weighted by atomic mass is 16.5. The maximum absolute atomic E-state index is 11.5. The first-order valence-corrected chi connectivity index (χ1v) is 5.53. The summed E-state index contributed by atoms with van der Waals surface area (Å²) in [6.07, 6.45) is 0.958. The minimum atomic E-state index is -0.533. The molecule has 1 amide bonds. The minimum absolute atomic E-state index is 0.134. The van der Waals surface area contributed by atoms with Crippen LogP contribution in [0.1, 0.15) is 26.7 Å². The Morgan fingerprint density at radius 3 is 2.38 bits per heavy atom. The summed E-state index contributed by atoms with van der Waals surface area (Å²) in [5.74, 6) is -0.189. The van der Waals surface area contributed by atoms with Crippen LogP contribution < -0.4 is 10.6 Å². The quantitative estimate of drug-likeness (QED) is 0.617. The zero-order chi connectivity index (χ0) is 12.6. The second-order valence-electron chi connectivity index (χ2n) is 4.13. The van der Waals surface area contributed by atoms with E-state index in [2.05, 4.69) is 15.4 Å². The van der Waals surface area contributed by atoms with Crippen LogP contribution in [0.2, 0.25) is 0 Å². The highest BCUT2D eigenvalue weighted by Crippen LogP contribution is 2.06. The van der Waals surface area contributed by atoms with Gasteiger partial charge in [-0.1, -0.05) is 13.8 Å². The Balaban J connectivity index is 4.19. The number of hydrogen-bond acceptors (Lipinski definition) is 4. The van der Waals surface area contributed by atoms with Crippen LogP contribution in [0.25, 0.3) is 0 Å². The number of hydrogen-bond donors (Lipinski definition) is 2. The van der Waals surface area contributed by atoms with Crippen LogP contribution in [0.4, 0.5) is 0 Å². The molecule has 16 heavy (non-hydrogen) atoms. The van der Waals surface area contributed by atoms with Crippen LogP contribution >= 0.6 is 0 Å². The first-order chi connectivity index (χ1) is 7.51. The van der Waals surface area contributed by atoms with Gasteiger partial charge in [0.25, 0.3) is 0 Å². The molecule has 0 aliphatic carbocycles. The molecule has 0 aliphatic rings. The standard InChI is InChI=1S/C11H22N2O3/c1-8(2)7-9(11(15)16-4)13-10(14)5-6-12-3/h8-9,12H,5-7H2,1-4H3,(H,13,14)/t9-/m0/s1. The molecule has 94 valence electrons. The first kappa shape index (κ1) is 14.9.